The Balaban J connectivity index is 1.35. The quantitative estimate of drug-likeness (QED) is 0.602. The SMILES string of the molecule is Bc1cnn2c(NCC3CCCN(C(=O)C4CCCO4)C3)cc(-c3ccccc3Cl)nc12. The fourth-order valence-electron chi connectivity index (χ4n) is 4.66. The van der Waals surface area contributed by atoms with Crippen LogP contribution in [0.2, 0.25) is 5.02 Å². The van der Waals surface area contributed by atoms with Crippen LogP contribution in [0.15, 0.2) is 36.5 Å². The van der Waals surface area contributed by atoms with Crippen LogP contribution in [0.1, 0.15) is 25.7 Å². The van der Waals surface area contributed by atoms with Gasteiger partial charge in [-0.15, -0.1) is 0 Å². The van der Waals surface area contributed by atoms with Gasteiger partial charge in [0.1, 0.15) is 19.8 Å². The van der Waals surface area contributed by atoms with Crippen LogP contribution in [-0.2, 0) is 9.53 Å². The normalized spacial score (nSPS) is 21.2. The summed E-state index contributed by atoms with van der Waals surface area (Å²) < 4.78 is 7.45. The summed E-state index contributed by atoms with van der Waals surface area (Å²) in [5.74, 6) is 1.40. The Morgan fingerprint density at radius 2 is 2.16 bits per heavy atom. The lowest BCUT2D eigenvalue weighted by Crippen LogP contribution is -2.46. The van der Waals surface area contributed by atoms with Gasteiger partial charge < -0.3 is 15.0 Å². The third-order valence-corrected chi connectivity index (χ3v) is 6.74. The van der Waals surface area contributed by atoms with Gasteiger partial charge >= 0.3 is 0 Å². The van der Waals surface area contributed by atoms with Gasteiger partial charge in [-0.3, -0.25) is 4.79 Å². The molecule has 5 rings (SSSR count). The summed E-state index contributed by atoms with van der Waals surface area (Å²) >= 11 is 6.44. The maximum absolute atomic E-state index is 12.8. The first kappa shape index (κ1) is 21.3. The number of rotatable bonds is 5. The van der Waals surface area contributed by atoms with E-state index in [1.54, 1.807) is 0 Å². The second kappa shape index (κ2) is 9.12. The molecular weight excluding hydrogens is 425 g/mol. The average Bonchev–Trinajstić information content (AvgIpc) is 3.48. The number of hydrogen-bond donors (Lipinski definition) is 1. The number of halogens is 1. The predicted octanol–water partition coefficient (Wildman–Crippen LogP) is 2.14. The molecule has 1 amide bonds. The van der Waals surface area contributed by atoms with Crippen molar-refractivity contribution < 1.29 is 9.53 Å². The van der Waals surface area contributed by atoms with Crippen LogP contribution < -0.4 is 10.8 Å². The zero-order chi connectivity index (χ0) is 22.1. The number of nitrogens with zero attached hydrogens (tertiary/aromatic N) is 4. The lowest BCUT2D eigenvalue weighted by Gasteiger charge is -2.34. The van der Waals surface area contributed by atoms with Crippen LogP contribution in [0, 0.1) is 5.92 Å². The van der Waals surface area contributed by atoms with Gasteiger partial charge in [0.2, 0.25) is 0 Å². The molecule has 2 aromatic heterocycles. The minimum atomic E-state index is -0.244. The third kappa shape index (κ3) is 4.21. The van der Waals surface area contributed by atoms with E-state index < -0.39 is 0 Å². The lowest BCUT2D eigenvalue weighted by atomic mass is 9.97. The molecule has 166 valence electrons. The molecule has 0 saturated carbocycles. The highest BCUT2D eigenvalue weighted by molar-refractivity contribution is 6.36. The fraction of sp³-hybridized carbons (Fsp3) is 0.435. The molecule has 0 bridgehead atoms. The molecule has 2 fully saturated rings. The van der Waals surface area contributed by atoms with E-state index in [1.807, 2.05) is 53.8 Å². The van der Waals surface area contributed by atoms with Crippen LogP contribution >= 0.6 is 11.6 Å². The van der Waals surface area contributed by atoms with Crippen molar-refractivity contribution in [1.82, 2.24) is 19.5 Å². The van der Waals surface area contributed by atoms with Crippen molar-refractivity contribution in [2.24, 2.45) is 5.92 Å². The number of aromatic nitrogens is 3. The first-order valence-corrected chi connectivity index (χ1v) is 11.7. The highest BCUT2D eigenvalue weighted by Gasteiger charge is 2.31. The minimum absolute atomic E-state index is 0.155. The van der Waals surface area contributed by atoms with Gasteiger partial charge in [-0.05, 0) is 43.1 Å². The molecule has 0 aliphatic carbocycles. The highest BCUT2D eigenvalue weighted by atomic mass is 35.5. The summed E-state index contributed by atoms with van der Waals surface area (Å²) in [6, 6.07) is 9.73. The monoisotopic (exact) mass is 451 g/mol. The summed E-state index contributed by atoms with van der Waals surface area (Å²) in [4.78, 5) is 19.6. The lowest BCUT2D eigenvalue weighted by molar-refractivity contribution is -0.142. The smallest absolute Gasteiger partial charge is 0.251 e. The van der Waals surface area contributed by atoms with Crippen LogP contribution in [0.4, 0.5) is 5.82 Å². The number of hydrogen-bond acceptors (Lipinski definition) is 5. The van der Waals surface area contributed by atoms with Gasteiger partial charge in [0, 0.05) is 49.1 Å². The Labute approximate surface area is 193 Å². The molecule has 3 aromatic rings. The molecule has 2 atom stereocenters. The van der Waals surface area contributed by atoms with E-state index in [2.05, 4.69) is 10.4 Å². The van der Waals surface area contributed by atoms with Gasteiger partial charge in [0.15, 0.2) is 5.65 Å². The summed E-state index contributed by atoms with van der Waals surface area (Å²) in [5, 5.41) is 8.76. The third-order valence-electron chi connectivity index (χ3n) is 6.41. The highest BCUT2D eigenvalue weighted by Crippen LogP contribution is 2.29. The molecule has 2 saturated heterocycles. The maximum atomic E-state index is 12.8. The van der Waals surface area contributed by atoms with Crippen molar-refractivity contribution in [3.05, 3.63) is 41.6 Å². The molecule has 32 heavy (non-hydrogen) atoms. The molecule has 2 aliphatic heterocycles. The number of benzene rings is 1. The Bertz CT molecular complexity index is 1130. The van der Waals surface area contributed by atoms with E-state index in [9.17, 15) is 4.79 Å². The Hall–Kier alpha value is -2.58. The molecule has 7 nitrogen and oxygen atoms in total. The molecule has 0 spiro atoms. The molecule has 2 aliphatic rings. The number of carbonyl (C=O) groups excluding carboxylic acids is 1. The topological polar surface area (TPSA) is 71.8 Å². The number of anilines is 1. The number of ether oxygens (including phenoxy) is 1. The fourth-order valence-corrected chi connectivity index (χ4v) is 4.89. The second-order valence-electron chi connectivity index (χ2n) is 8.74. The molecule has 0 radical (unpaired) electrons. The second-order valence-corrected chi connectivity index (χ2v) is 9.15. The predicted molar refractivity (Wildman–Crippen MR) is 128 cm³/mol. The van der Waals surface area contributed by atoms with Crippen LogP contribution in [0.5, 0.6) is 0 Å². The molecule has 4 heterocycles. The van der Waals surface area contributed by atoms with E-state index >= 15 is 0 Å². The van der Waals surface area contributed by atoms with Crippen LogP contribution in [-0.4, -0.2) is 65.6 Å². The summed E-state index contributed by atoms with van der Waals surface area (Å²) in [7, 11) is 2.01. The number of piperidine rings is 1. The van der Waals surface area contributed by atoms with E-state index in [0.29, 0.717) is 17.5 Å². The first-order chi connectivity index (χ1) is 15.6. The van der Waals surface area contributed by atoms with Gasteiger partial charge in [-0.25, -0.2) is 4.98 Å². The van der Waals surface area contributed by atoms with Crippen molar-refractivity contribution in [3.8, 4) is 11.3 Å². The van der Waals surface area contributed by atoms with Gasteiger partial charge in [-0.1, -0.05) is 29.8 Å². The van der Waals surface area contributed by atoms with Crippen molar-refractivity contribution in [3.63, 3.8) is 0 Å². The van der Waals surface area contributed by atoms with Crippen molar-refractivity contribution >= 4 is 42.3 Å². The van der Waals surface area contributed by atoms with E-state index in [0.717, 1.165) is 73.5 Å². The molecule has 1 N–H and O–H groups in total. The number of amides is 1. The Morgan fingerprint density at radius 1 is 1.28 bits per heavy atom. The average molecular weight is 452 g/mol. The Morgan fingerprint density at radius 3 is 2.97 bits per heavy atom. The summed E-state index contributed by atoms with van der Waals surface area (Å²) in [6.07, 6.45) is 5.51. The van der Waals surface area contributed by atoms with Gasteiger partial charge in [-0.2, -0.15) is 9.61 Å². The minimum Gasteiger partial charge on any atom is -0.370 e. The number of carbonyl (C=O) groups is 1. The molecule has 9 heteroatoms. The zero-order valence-corrected chi connectivity index (χ0v) is 19.0. The van der Waals surface area contributed by atoms with Gasteiger partial charge in [0.05, 0.1) is 5.69 Å². The van der Waals surface area contributed by atoms with Crippen molar-refractivity contribution in [2.45, 2.75) is 31.8 Å². The number of fused-ring (bicyclic) bond motifs is 1. The number of nitrogens with one attached hydrogen (secondary N) is 1. The molecule has 1 aromatic carbocycles. The van der Waals surface area contributed by atoms with Gasteiger partial charge in [0.25, 0.3) is 5.91 Å². The zero-order valence-electron chi connectivity index (χ0n) is 18.3. The van der Waals surface area contributed by atoms with Crippen molar-refractivity contribution in [2.75, 3.05) is 31.6 Å². The first-order valence-electron chi connectivity index (χ1n) is 11.3. The largest absolute Gasteiger partial charge is 0.370 e. The summed E-state index contributed by atoms with van der Waals surface area (Å²) in [6.45, 7) is 3.04. The van der Waals surface area contributed by atoms with E-state index in [4.69, 9.17) is 21.3 Å². The Kier molecular flexibility index (Phi) is 6.06. The van der Waals surface area contributed by atoms with Crippen molar-refractivity contribution in [1.29, 1.82) is 0 Å². The summed E-state index contributed by atoms with van der Waals surface area (Å²) in [5.41, 5.74) is 3.52. The van der Waals surface area contributed by atoms with E-state index in [1.165, 1.54) is 0 Å². The molecule has 2 unspecified atom stereocenters. The van der Waals surface area contributed by atoms with E-state index in [-0.39, 0.29) is 12.0 Å². The standard InChI is InChI=1S/C23H27BClN5O2/c24-17-13-27-30-21(11-19(28-22(17)30)16-6-1-2-7-18(16)25)26-12-15-5-3-9-29(14-15)23(31)20-8-4-10-32-20/h1-2,6-7,11,13,15,20,26H,3-5,8-10,12,14,24H2. The van der Waals surface area contributed by atoms with Crippen LogP contribution in [0.3, 0.4) is 0 Å². The van der Waals surface area contributed by atoms with Crippen LogP contribution in [0.25, 0.3) is 16.9 Å². The maximum Gasteiger partial charge on any atom is 0.251 e. The molecular formula is C23H27BClN5O2. The number of likely N-dealkylation sites (tertiary alicyclic amines) is 1.